The molecule has 2 aliphatic carbocycles. The van der Waals surface area contributed by atoms with Gasteiger partial charge in [-0.15, -0.1) is 0 Å². The van der Waals surface area contributed by atoms with Gasteiger partial charge in [-0.05, 0) is 44.9 Å². The van der Waals surface area contributed by atoms with Crippen molar-refractivity contribution < 1.29 is 9.67 Å². The molecule has 25 heavy (non-hydrogen) atoms. The van der Waals surface area contributed by atoms with E-state index in [1.807, 2.05) is 17.9 Å². The highest BCUT2D eigenvalue weighted by Crippen LogP contribution is 2.45. The van der Waals surface area contributed by atoms with Crippen LogP contribution in [0.3, 0.4) is 0 Å². The van der Waals surface area contributed by atoms with Gasteiger partial charge in [-0.3, -0.25) is 0 Å². The monoisotopic (exact) mass is 345 g/mol. The number of imidazole rings is 1. The third-order valence-electron chi connectivity index (χ3n) is 6.19. The number of hydrogen-bond acceptors (Lipinski definition) is 5. The standard InChI is InChI=1S/C18H28N6O/c1-10(2)23(4)18-21-15-16(19-9-22(3)17(15)24(18)5)20-13-7-12-6-11(13)8-14(12)25/h9-14,25H,6-8H2,1-5H3/p+1/t11-,12-,13-,14-/m0/s1. The number of nitrogens with zero attached hydrogens (tertiary/aromatic N) is 5. The lowest BCUT2D eigenvalue weighted by Gasteiger charge is -2.25. The Morgan fingerprint density at radius 3 is 2.68 bits per heavy atom. The number of anilines is 2. The first-order chi connectivity index (χ1) is 11.9. The summed E-state index contributed by atoms with van der Waals surface area (Å²) >= 11 is 0. The second kappa shape index (κ2) is 5.83. The number of aromatic nitrogens is 4. The summed E-state index contributed by atoms with van der Waals surface area (Å²) in [7, 11) is 6.14. The van der Waals surface area contributed by atoms with E-state index in [-0.39, 0.29) is 6.10 Å². The highest BCUT2D eigenvalue weighted by molar-refractivity contribution is 5.83. The summed E-state index contributed by atoms with van der Waals surface area (Å²) in [6, 6.07) is 0.766. The zero-order chi connectivity index (χ0) is 17.9. The Morgan fingerprint density at radius 2 is 2.08 bits per heavy atom. The molecule has 0 spiro atoms. The van der Waals surface area contributed by atoms with Gasteiger partial charge < -0.3 is 15.3 Å². The van der Waals surface area contributed by atoms with Crippen LogP contribution in [0.4, 0.5) is 11.8 Å². The molecule has 136 valence electrons. The Labute approximate surface area is 148 Å². The van der Waals surface area contributed by atoms with Crippen molar-refractivity contribution in [2.45, 2.75) is 51.3 Å². The fraction of sp³-hybridized carbons (Fsp3) is 0.722. The van der Waals surface area contributed by atoms with E-state index in [9.17, 15) is 5.11 Å². The number of aliphatic hydroxyl groups excluding tert-OH is 1. The van der Waals surface area contributed by atoms with Crippen molar-refractivity contribution in [2.24, 2.45) is 25.9 Å². The van der Waals surface area contributed by atoms with E-state index in [2.05, 4.69) is 47.7 Å². The lowest BCUT2D eigenvalue weighted by molar-refractivity contribution is -0.650. The van der Waals surface area contributed by atoms with Crippen LogP contribution in [0.15, 0.2) is 6.33 Å². The fourth-order valence-electron chi connectivity index (χ4n) is 4.55. The number of aliphatic hydroxyl groups is 1. The van der Waals surface area contributed by atoms with Crippen LogP contribution in [0, 0.1) is 11.8 Å². The highest BCUT2D eigenvalue weighted by Gasteiger charge is 2.45. The van der Waals surface area contributed by atoms with Crippen molar-refractivity contribution in [3.63, 3.8) is 0 Å². The predicted molar refractivity (Wildman–Crippen MR) is 97.5 cm³/mol. The van der Waals surface area contributed by atoms with Crippen LogP contribution in [-0.4, -0.2) is 44.9 Å². The van der Waals surface area contributed by atoms with E-state index in [1.165, 1.54) is 0 Å². The predicted octanol–water partition coefficient (Wildman–Crippen LogP) is 1.21. The molecule has 2 fully saturated rings. The third-order valence-corrected chi connectivity index (χ3v) is 6.19. The summed E-state index contributed by atoms with van der Waals surface area (Å²) < 4.78 is 4.16. The first-order valence-electron chi connectivity index (χ1n) is 9.25. The molecule has 4 atom stereocenters. The topological polar surface area (TPSA) is 70.1 Å². The number of aryl methyl sites for hydroxylation is 2. The highest BCUT2D eigenvalue weighted by atomic mass is 16.3. The first kappa shape index (κ1) is 16.6. The average molecular weight is 345 g/mol. The summed E-state index contributed by atoms with van der Waals surface area (Å²) in [5.41, 5.74) is 1.97. The molecule has 2 N–H and O–H groups in total. The molecule has 7 heteroatoms. The van der Waals surface area contributed by atoms with Crippen LogP contribution in [0.1, 0.15) is 33.1 Å². The van der Waals surface area contributed by atoms with E-state index in [1.54, 1.807) is 0 Å². The molecule has 0 aliphatic heterocycles. The van der Waals surface area contributed by atoms with Gasteiger partial charge in [0, 0.05) is 19.1 Å². The average Bonchev–Trinajstić information content (AvgIpc) is 3.22. The number of rotatable bonds is 4. The minimum Gasteiger partial charge on any atom is -0.393 e. The molecule has 0 radical (unpaired) electrons. The van der Waals surface area contributed by atoms with Crippen LogP contribution in [-0.2, 0) is 14.1 Å². The summed E-state index contributed by atoms with van der Waals surface area (Å²) in [5.74, 6) is 2.80. The molecular formula is C18H29N6O+. The van der Waals surface area contributed by atoms with Crippen molar-refractivity contribution >= 4 is 22.9 Å². The molecule has 2 bridgehead atoms. The quantitative estimate of drug-likeness (QED) is 0.815. The second-order valence-electron chi connectivity index (χ2n) is 8.10. The molecule has 2 aromatic heterocycles. The number of nitrogens with one attached hydrogen (secondary N) is 1. The number of fused-ring (bicyclic) bond motifs is 3. The van der Waals surface area contributed by atoms with Gasteiger partial charge in [-0.1, -0.05) is 4.98 Å². The van der Waals surface area contributed by atoms with Crippen molar-refractivity contribution in [1.82, 2.24) is 14.5 Å². The van der Waals surface area contributed by atoms with Gasteiger partial charge in [-0.2, -0.15) is 4.98 Å². The SMILES string of the molecule is CC(C)N(C)c1nc2c(N[C@H]3C[C@@H]4C[C@H]3C[C@@H]4O)nc[n+](C)c2n1C. The summed E-state index contributed by atoms with van der Waals surface area (Å²) in [6.45, 7) is 4.33. The lowest BCUT2D eigenvalue weighted by atomic mass is 9.93. The molecule has 4 rings (SSSR count). The third kappa shape index (κ3) is 2.56. The summed E-state index contributed by atoms with van der Waals surface area (Å²) in [5, 5.41) is 13.6. The van der Waals surface area contributed by atoms with E-state index < -0.39 is 0 Å². The van der Waals surface area contributed by atoms with E-state index in [0.717, 1.165) is 42.2 Å². The Balaban J connectivity index is 1.70. The van der Waals surface area contributed by atoms with Crippen LogP contribution >= 0.6 is 0 Å². The van der Waals surface area contributed by atoms with Gasteiger partial charge in [0.15, 0.2) is 0 Å². The van der Waals surface area contributed by atoms with Crippen molar-refractivity contribution in [3.05, 3.63) is 6.33 Å². The Kier molecular flexibility index (Phi) is 3.86. The van der Waals surface area contributed by atoms with Crippen LogP contribution in [0.2, 0.25) is 0 Å². The molecule has 2 heterocycles. The Hall–Kier alpha value is -1.89. The minimum absolute atomic E-state index is 0.106. The maximum absolute atomic E-state index is 10.00. The molecule has 0 amide bonds. The molecule has 2 saturated carbocycles. The Bertz CT molecular complexity index is 798. The van der Waals surface area contributed by atoms with Gasteiger partial charge in [0.25, 0.3) is 11.6 Å². The molecule has 0 saturated heterocycles. The van der Waals surface area contributed by atoms with Gasteiger partial charge in [0.1, 0.15) is 0 Å². The van der Waals surface area contributed by atoms with Crippen molar-refractivity contribution in [1.29, 1.82) is 0 Å². The lowest BCUT2D eigenvalue weighted by Crippen LogP contribution is -2.34. The van der Waals surface area contributed by atoms with Gasteiger partial charge in [0.2, 0.25) is 17.7 Å². The van der Waals surface area contributed by atoms with E-state index in [4.69, 9.17) is 4.98 Å². The Morgan fingerprint density at radius 1 is 1.32 bits per heavy atom. The molecule has 2 aromatic rings. The second-order valence-corrected chi connectivity index (χ2v) is 8.10. The maximum atomic E-state index is 10.00. The van der Waals surface area contributed by atoms with Crippen LogP contribution < -0.4 is 14.8 Å². The zero-order valence-corrected chi connectivity index (χ0v) is 15.8. The molecular weight excluding hydrogens is 316 g/mol. The van der Waals surface area contributed by atoms with Crippen LogP contribution in [0.25, 0.3) is 11.2 Å². The number of hydrogen-bond donors (Lipinski definition) is 2. The largest absolute Gasteiger partial charge is 0.393 e. The molecule has 2 aliphatic rings. The fourth-order valence-corrected chi connectivity index (χ4v) is 4.55. The minimum atomic E-state index is -0.106. The van der Waals surface area contributed by atoms with Gasteiger partial charge in [0.05, 0.1) is 20.2 Å². The normalized spacial score (nSPS) is 28.3. The molecule has 7 nitrogen and oxygen atoms in total. The smallest absolute Gasteiger partial charge is 0.267 e. The van der Waals surface area contributed by atoms with Gasteiger partial charge in [-0.25, -0.2) is 9.13 Å². The van der Waals surface area contributed by atoms with Gasteiger partial charge >= 0.3 is 0 Å². The van der Waals surface area contributed by atoms with Crippen molar-refractivity contribution in [3.8, 4) is 0 Å². The molecule has 0 unspecified atom stereocenters. The zero-order valence-electron chi connectivity index (χ0n) is 15.8. The van der Waals surface area contributed by atoms with Crippen molar-refractivity contribution in [2.75, 3.05) is 17.3 Å². The van der Waals surface area contributed by atoms with E-state index in [0.29, 0.717) is 23.9 Å². The van der Waals surface area contributed by atoms with E-state index >= 15 is 0 Å². The summed E-state index contributed by atoms with van der Waals surface area (Å²) in [4.78, 5) is 11.7. The molecule has 0 aromatic carbocycles. The first-order valence-corrected chi connectivity index (χ1v) is 9.25. The van der Waals surface area contributed by atoms with Crippen LogP contribution in [0.5, 0.6) is 0 Å². The summed E-state index contributed by atoms with van der Waals surface area (Å²) in [6.07, 6.45) is 4.82. The maximum Gasteiger partial charge on any atom is 0.267 e.